The third-order valence-corrected chi connectivity index (χ3v) is 2.84. The summed E-state index contributed by atoms with van der Waals surface area (Å²) in [6.07, 6.45) is -0.407. The van der Waals surface area contributed by atoms with Crippen LogP contribution in [0.5, 0.6) is 0 Å². The fraction of sp³-hybridized carbons (Fsp3) is 0.909. The smallest absolute Gasteiger partial charge is 0.314 e. The Morgan fingerprint density at radius 2 is 1.93 bits per heavy atom. The molecule has 0 aromatic carbocycles. The lowest BCUT2D eigenvalue weighted by Gasteiger charge is -2.18. The van der Waals surface area contributed by atoms with Crippen molar-refractivity contribution in [2.24, 2.45) is 11.8 Å². The minimum Gasteiger partial charge on any atom is -0.466 e. The first-order valence-electron chi connectivity index (χ1n) is 5.55. The van der Waals surface area contributed by atoms with Crippen molar-refractivity contribution in [1.82, 2.24) is 0 Å². The van der Waals surface area contributed by atoms with Gasteiger partial charge in [0.1, 0.15) is 5.92 Å². The van der Waals surface area contributed by atoms with Crippen LogP contribution in [0.1, 0.15) is 27.7 Å². The van der Waals surface area contributed by atoms with Gasteiger partial charge in [-0.15, -0.1) is 0 Å². The third kappa shape index (κ3) is 2.69. The van der Waals surface area contributed by atoms with E-state index >= 15 is 0 Å². The standard InChI is InChI=1S/C11H20O4/c1-5-13-10(12)9-7(3)8(4)15-11(9)14-6-2/h7-9,11H,5-6H2,1-4H3/t7-,8-,9-,11+/m0/s1. The van der Waals surface area contributed by atoms with Crippen molar-refractivity contribution in [2.75, 3.05) is 13.2 Å². The van der Waals surface area contributed by atoms with E-state index in [1.54, 1.807) is 6.92 Å². The lowest BCUT2D eigenvalue weighted by molar-refractivity contribution is -0.172. The zero-order valence-electron chi connectivity index (χ0n) is 9.86. The molecule has 0 saturated carbocycles. The Balaban J connectivity index is 2.67. The molecule has 0 bridgehead atoms. The van der Waals surface area contributed by atoms with Crippen molar-refractivity contribution in [1.29, 1.82) is 0 Å². The lowest BCUT2D eigenvalue weighted by Crippen LogP contribution is -2.31. The number of hydrogen-bond acceptors (Lipinski definition) is 4. The summed E-state index contributed by atoms with van der Waals surface area (Å²) in [5.74, 6) is -0.367. The summed E-state index contributed by atoms with van der Waals surface area (Å²) in [7, 11) is 0. The second-order valence-corrected chi connectivity index (χ2v) is 3.80. The molecule has 0 aliphatic carbocycles. The van der Waals surface area contributed by atoms with Gasteiger partial charge in [-0.3, -0.25) is 4.79 Å². The van der Waals surface area contributed by atoms with Crippen molar-refractivity contribution >= 4 is 5.97 Å². The van der Waals surface area contributed by atoms with Crippen LogP contribution in [-0.4, -0.2) is 31.6 Å². The van der Waals surface area contributed by atoms with Crippen molar-refractivity contribution in [3.8, 4) is 0 Å². The topological polar surface area (TPSA) is 44.8 Å². The highest BCUT2D eigenvalue weighted by Gasteiger charge is 2.45. The van der Waals surface area contributed by atoms with Crippen LogP contribution in [0.15, 0.2) is 0 Å². The average molecular weight is 216 g/mol. The fourth-order valence-corrected chi connectivity index (χ4v) is 1.83. The molecule has 1 saturated heterocycles. The Morgan fingerprint density at radius 3 is 2.47 bits per heavy atom. The van der Waals surface area contributed by atoms with Crippen LogP contribution in [0, 0.1) is 11.8 Å². The second kappa shape index (κ2) is 5.47. The molecule has 0 radical (unpaired) electrons. The molecule has 0 spiro atoms. The van der Waals surface area contributed by atoms with E-state index < -0.39 is 6.29 Å². The SMILES string of the molecule is CCOC(=O)[C@H]1[C@H](OCC)O[C@@H](C)[C@@H]1C. The van der Waals surface area contributed by atoms with Gasteiger partial charge < -0.3 is 14.2 Å². The molecule has 1 aliphatic rings. The number of esters is 1. The third-order valence-electron chi connectivity index (χ3n) is 2.84. The van der Waals surface area contributed by atoms with Crippen molar-refractivity contribution in [3.05, 3.63) is 0 Å². The summed E-state index contributed by atoms with van der Waals surface area (Å²) in [5.41, 5.74) is 0. The van der Waals surface area contributed by atoms with Crippen LogP contribution >= 0.6 is 0 Å². The van der Waals surface area contributed by atoms with Gasteiger partial charge in [0.05, 0.1) is 12.7 Å². The molecule has 15 heavy (non-hydrogen) atoms. The molecule has 1 rings (SSSR count). The van der Waals surface area contributed by atoms with E-state index in [1.165, 1.54) is 0 Å². The van der Waals surface area contributed by atoms with E-state index in [2.05, 4.69) is 0 Å². The Hall–Kier alpha value is -0.610. The molecule has 0 aromatic heterocycles. The molecular weight excluding hydrogens is 196 g/mol. The van der Waals surface area contributed by atoms with E-state index in [9.17, 15) is 4.79 Å². The zero-order valence-corrected chi connectivity index (χ0v) is 9.86. The van der Waals surface area contributed by atoms with Crippen LogP contribution in [0.2, 0.25) is 0 Å². The first kappa shape index (κ1) is 12.5. The maximum Gasteiger partial charge on any atom is 0.314 e. The molecule has 1 heterocycles. The largest absolute Gasteiger partial charge is 0.466 e. The lowest BCUT2D eigenvalue weighted by atomic mass is 9.92. The van der Waals surface area contributed by atoms with Gasteiger partial charge in [-0.1, -0.05) is 6.92 Å². The average Bonchev–Trinajstić information content (AvgIpc) is 2.44. The Morgan fingerprint density at radius 1 is 1.27 bits per heavy atom. The van der Waals surface area contributed by atoms with E-state index in [4.69, 9.17) is 14.2 Å². The summed E-state index contributed by atoms with van der Waals surface area (Å²) in [4.78, 5) is 11.7. The number of hydrogen-bond donors (Lipinski definition) is 0. The van der Waals surface area contributed by atoms with Gasteiger partial charge in [0.2, 0.25) is 0 Å². The Bertz CT molecular complexity index is 217. The molecule has 0 N–H and O–H groups in total. The number of carbonyl (C=O) groups is 1. The Labute approximate surface area is 90.9 Å². The summed E-state index contributed by atoms with van der Waals surface area (Å²) >= 11 is 0. The molecule has 1 aliphatic heterocycles. The highest BCUT2D eigenvalue weighted by atomic mass is 16.7. The fourth-order valence-electron chi connectivity index (χ4n) is 1.83. The number of rotatable bonds is 4. The molecule has 4 atom stereocenters. The maximum absolute atomic E-state index is 11.7. The predicted molar refractivity (Wildman–Crippen MR) is 55.2 cm³/mol. The molecule has 0 aromatic rings. The van der Waals surface area contributed by atoms with Crippen LogP contribution in [0.25, 0.3) is 0 Å². The Kier molecular flexibility index (Phi) is 4.54. The first-order chi connectivity index (χ1) is 7.11. The molecule has 4 heteroatoms. The minimum atomic E-state index is -0.445. The predicted octanol–water partition coefficient (Wildman–Crippen LogP) is 1.58. The highest BCUT2D eigenvalue weighted by molar-refractivity contribution is 5.73. The zero-order chi connectivity index (χ0) is 11.4. The molecule has 4 nitrogen and oxygen atoms in total. The molecule has 0 amide bonds. The summed E-state index contributed by atoms with van der Waals surface area (Å²) < 4.78 is 16.0. The summed E-state index contributed by atoms with van der Waals surface area (Å²) in [6.45, 7) is 8.58. The van der Waals surface area contributed by atoms with Crippen molar-refractivity contribution < 1.29 is 19.0 Å². The maximum atomic E-state index is 11.7. The first-order valence-corrected chi connectivity index (χ1v) is 5.55. The van der Waals surface area contributed by atoms with Gasteiger partial charge in [0.15, 0.2) is 6.29 Å². The number of carbonyl (C=O) groups excluding carboxylic acids is 1. The normalized spacial score (nSPS) is 35.5. The van der Waals surface area contributed by atoms with Crippen LogP contribution in [-0.2, 0) is 19.0 Å². The van der Waals surface area contributed by atoms with E-state index in [0.29, 0.717) is 13.2 Å². The van der Waals surface area contributed by atoms with E-state index in [0.717, 1.165) is 0 Å². The second-order valence-electron chi connectivity index (χ2n) is 3.80. The van der Waals surface area contributed by atoms with Gasteiger partial charge in [-0.25, -0.2) is 0 Å². The monoisotopic (exact) mass is 216 g/mol. The molecular formula is C11H20O4. The van der Waals surface area contributed by atoms with E-state index in [-0.39, 0.29) is 23.9 Å². The molecule has 0 unspecified atom stereocenters. The quantitative estimate of drug-likeness (QED) is 0.669. The minimum absolute atomic E-state index is 0.0379. The molecule has 88 valence electrons. The van der Waals surface area contributed by atoms with Gasteiger partial charge in [-0.05, 0) is 20.8 Å². The summed E-state index contributed by atoms with van der Waals surface area (Å²) in [5, 5.41) is 0. The highest BCUT2D eigenvalue weighted by Crippen LogP contribution is 2.33. The van der Waals surface area contributed by atoms with Crippen LogP contribution in [0.3, 0.4) is 0 Å². The molecule has 1 fully saturated rings. The van der Waals surface area contributed by atoms with Crippen LogP contribution in [0.4, 0.5) is 0 Å². The van der Waals surface area contributed by atoms with E-state index in [1.807, 2.05) is 20.8 Å². The van der Waals surface area contributed by atoms with Crippen molar-refractivity contribution in [2.45, 2.75) is 40.1 Å². The summed E-state index contributed by atoms with van der Waals surface area (Å²) in [6, 6.07) is 0. The number of ether oxygens (including phenoxy) is 3. The van der Waals surface area contributed by atoms with Gasteiger partial charge >= 0.3 is 5.97 Å². The van der Waals surface area contributed by atoms with Crippen LogP contribution < -0.4 is 0 Å². The van der Waals surface area contributed by atoms with Gasteiger partial charge in [-0.2, -0.15) is 0 Å². The van der Waals surface area contributed by atoms with Gasteiger partial charge in [0.25, 0.3) is 0 Å². The van der Waals surface area contributed by atoms with Gasteiger partial charge in [0, 0.05) is 12.5 Å². The van der Waals surface area contributed by atoms with Crippen molar-refractivity contribution in [3.63, 3.8) is 0 Å².